The summed E-state index contributed by atoms with van der Waals surface area (Å²) in [6.07, 6.45) is 3.92. The highest BCUT2D eigenvalue weighted by atomic mass is 32.2. The number of sulfonamides is 1. The summed E-state index contributed by atoms with van der Waals surface area (Å²) in [7, 11) is -3.10. The van der Waals surface area contributed by atoms with Gasteiger partial charge >= 0.3 is 0 Å². The molecule has 1 atom stereocenters. The molecule has 6 heteroatoms. The van der Waals surface area contributed by atoms with Gasteiger partial charge in [-0.2, -0.15) is 11.8 Å². The van der Waals surface area contributed by atoms with Crippen LogP contribution in [0.2, 0.25) is 0 Å². The van der Waals surface area contributed by atoms with E-state index in [4.69, 9.17) is 0 Å². The summed E-state index contributed by atoms with van der Waals surface area (Å²) in [5, 5.41) is 3.23. The minimum atomic E-state index is -3.10. The van der Waals surface area contributed by atoms with Crippen molar-refractivity contribution in [3.05, 3.63) is 12.7 Å². The highest BCUT2D eigenvalue weighted by Crippen LogP contribution is 2.11. The minimum Gasteiger partial charge on any atom is -0.316 e. The van der Waals surface area contributed by atoms with Gasteiger partial charge in [-0.25, -0.2) is 13.1 Å². The summed E-state index contributed by atoms with van der Waals surface area (Å²) in [5.41, 5.74) is 0. The van der Waals surface area contributed by atoms with E-state index in [1.165, 1.54) is 0 Å². The lowest BCUT2D eigenvalue weighted by molar-refractivity contribution is 0.403. The lowest BCUT2D eigenvalue weighted by Gasteiger charge is -2.22. The Hall–Kier alpha value is -0.0400. The lowest BCUT2D eigenvalue weighted by atomic mass is 10.0. The Morgan fingerprint density at radius 2 is 2.35 bits per heavy atom. The molecule has 0 radical (unpaired) electrons. The Labute approximate surface area is 109 Å². The average Bonchev–Trinajstić information content (AvgIpc) is 2.29. The van der Waals surface area contributed by atoms with Gasteiger partial charge in [-0.3, -0.25) is 0 Å². The Morgan fingerprint density at radius 1 is 1.53 bits per heavy atom. The molecule has 0 amide bonds. The van der Waals surface area contributed by atoms with Crippen molar-refractivity contribution in [1.82, 2.24) is 10.0 Å². The molecular weight excluding hydrogens is 256 g/mol. The molecule has 0 aromatic carbocycles. The van der Waals surface area contributed by atoms with E-state index in [0.29, 0.717) is 6.54 Å². The number of nitrogens with one attached hydrogen (secondary N) is 2. The number of rotatable bonds is 8. The van der Waals surface area contributed by atoms with Crippen LogP contribution in [0.1, 0.15) is 12.8 Å². The first kappa shape index (κ1) is 15.0. The van der Waals surface area contributed by atoms with Gasteiger partial charge in [-0.1, -0.05) is 6.08 Å². The van der Waals surface area contributed by atoms with Crippen LogP contribution in [0, 0.1) is 5.92 Å². The third-order valence-electron chi connectivity index (χ3n) is 2.66. The van der Waals surface area contributed by atoms with E-state index in [-0.39, 0.29) is 11.7 Å². The van der Waals surface area contributed by atoms with E-state index in [0.717, 1.165) is 37.4 Å². The molecule has 2 N–H and O–H groups in total. The van der Waals surface area contributed by atoms with E-state index in [2.05, 4.69) is 16.6 Å². The zero-order valence-electron chi connectivity index (χ0n) is 10.2. The molecule has 17 heavy (non-hydrogen) atoms. The van der Waals surface area contributed by atoms with Gasteiger partial charge in [0.2, 0.25) is 10.0 Å². The van der Waals surface area contributed by atoms with Gasteiger partial charge in [-0.05, 0) is 31.8 Å². The van der Waals surface area contributed by atoms with E-state index >= 15 is 0 Å². The van der Waals surface area contributed by atoms with Gasteiger partial charge < -0.3 is 5.32 Å². The summed E-state index contributed by atoms with van der Waals surface area (Å²) < 4.78 is 26.2. The van der Waals surface area contributed by atoms with Crippen LogP contribution in [-0.4, -0.2) is 45.3 Å². The van der Waals surface area contributed by atoms with Crippen molar-refractivity contribution in [2.24, 2.45) is 5.92 Å². The first-order valence-corrected chi connectivity index (χ1v) is 8.81. The van der Waals surface area contributed by atoms with Crippen LogP contribution in [0.25, 0.3) is 0 Å². The van der Waals surface area contributed by atoms with Gasteiger partial charge in [0.15, 0.2) is 0 Å². The smallest absolute Gasteiger partial charge is 0.211 e. The monoisotopic (exact) mass is 278 g/mol. The highest BCUT2D eigenvalue weighted by Gasteiger charge is 2.20. The zero-order chi connectivity index (χ0) is 12.6. The molecule has 1 heterocycles. The fourth-order valence-corrected chi connectivity index (χ4v) is 4.02. The molecule has 1 unspecified atom stereocenters. The molecule has 100 valence electrons. The Bertz CT molecular complexity index is 311. The van der Waals surface area contributed by atoms with Gasteiger partial charge in [0.1, 0.15) is 0 Å². The van der Waals surface area contributed by atoms with Crippen LogP contribution in [-0.2, 0) is 10.0 Å². The number of piperidine rings is 1. The van der Waals surface area contributed by atoms with Gasteiger partial charge in [0.25, 0.3) is 0 Å². The van der Waals surface area contributed by atoms with Crippen molar-refractivity contribution >= 4 is 21.8 Å². The molecule has 1 aliphatic heterocycles. The summed E-state index contributed by atoms with van der Waals surface area (Å²) in [5.74, 6) is 2.19. The summed E-state index contributed by atoms with van der Waals surface area (Å²) in [6.45, 7) is 5.97. The van der Waals surface area contributed by atoms with E-state index < -0.39 is 10.0 Å². The highest BCUT2D eigenvalue weighted by molar-refractivity contribution is 7.99. The fraction of sp³-hybridized carbons (Fsp3) is 0.818. The minimum absolute atomic E-state index is 0.256. The number of hydrogen-bond donors (Lipinski definition) is 2. The van der Waals surface area contributed by atoms with E-state index in [9.17, 15) is 8.42 Å². The van der Waals surface area contributed by atoms with Crippen LogP contribution in [0.3, 0.4) is 0 Å². The van der Waals surface area contributed by atoms with Gasteiger partial charge in [0.05, 0.1) is 5.75 Å². The molecule has 1 fully saturated rings. The molecule has 4 nitrogen and oxygen atoms in total. The molecule has 0 spiro atoms. The van der Waals surface area contributed by atoms with Gasteiger partial charge in [-0.15, -0.1) is 6.58 Å². The largest absolute Gasteiger partial charge is 0.316 e. The average molecular weight is 278 g/mol. The predicted octanol–water partition coefficient (Wildman–Crippen LogP) is 0.825. The van der Waals surface area contributed by atoms with Crippen molar-refractivity contribution in [2.75, 3.05) is 36.9 Å². The summed E-state index contributed by atoms with van der Waals surface area (Å²) in [6, 6.07) is 0. The normalized spacial score (nSPS) is 21.3. The molecule has 0 aromatic heterocycles. The van der Waals surface area contributed by atoms with Crippen LogP contribution in [0.4, 0.5) is 0 Å². The standard InChI is InChI=1S/C11H22N2O2S2/c1-2-7-16-8-6-13-17(14,15)10-11-4-3-5-12-9-11/h2,11-13H,1,3-10H2. The molecule has 1 saturated heterocycles. The van der Waals surface area contributed by atoms with E-state index in [1.54, 1.807) is 11.8 Å². The third-order valence-corrected chi connectivity index (χ3v) is 5.18. The van der Waals surface area contributed by atoms with Crippen molar-refractivity contribution < 1.29 is 8.42 Å². The topological polar surface area (TPSA) is 58.2 Å². The van der Waals surface area contributed by atoms with Crippen molar-refractivity contribution in [3.63, 3.8) is 0 Å². The molecular formula is C11H22N2O2S2. The molecule has 0 bridgehead atoms. The predicted molar refractivity (Wildman–Crippen MR) is 74.9 cm³/mol. The second-order valence-corrected chi connectivity index (χ2v) is 7.25. The molecule has 0 aromatic rings. The summed E-state index contributed by atoms with van der Waals surface area (Å²) in [4.78, 5) is 0. The maximum absolute atomic E-state index is 11.8. The lowest BCUT2D eigenvalue weighted by Crippen LogP contribution is -2.38. The Balaban J connectivity index is 2.18. The SMILES string of the molecule is C=CCSCCNS(=O)(=O)CC1CCCNC1. The zero-order valence-corrected chi connectivity index (χ0v) is 11.8. The molecule has 1 rings (SSSR count). The van der Waals surface area contributed by atoms with Crippen molar-refractivity contribution in [2.45, 2.75) is 12.8 Å². The van der Waals surface area contributed by atoms with Crippen LogP contribution in [0.5, 0.6) is 0 Å². The van der Waals surface area contributed by atoms with E-state index in [1.807, 2.05) is 6.08 Å². The quantitative estimate of drug-likeness (QED) is 0.510. The first-order valence-electron chi connectivity index (χ1n) is 6.01. The second kappa shape index (κ2) is 8.13. The molecule has 1 aliphatic rings. The molecule has 0 saturated carbocycles. The van der Waals surface area contributed by atoms with Crippen molar-refractivity contribution in [3.8, 4) is 0 Å². The fourth-order valence-electron chi connectivity index (χ4n) is 1.87. The molecule has 0 aliphatic carbocycles. The first-order chi connectivity index (χ1) is 8.14. The Morgan fingerprint density at radius 3 is 3.00 bits per heavy atom. The second-order valence-electron chi connectivity index (χ2n) is 4.25. The van der Waals surface area contributed by atoms with Crippen LogP contribution < -0.4 is 10.0 Å². The van der Waals surface area contributed by atoms with Crippen molar-refractivity contribution in [1.29, 1.82) is 0 Å². The maximum Gasteiger partial charge on any atom is 0.211 e. The van der Waals surface area contributed by atoms with Crippen LogP contribution in [0.15, 0.2) is 12.7 Å². The Kier molecular flexibility index (Phi) is 7.18. The van der Waals surface area contributed by atoms with Gasteiger partial charge in [0, 0.05) is 18.1 Å². The third kappa shape index (κ3) is 7.08. The van der Waals surface area contributed by atoms with Crippen LogP contribution >= 0.6 is 11.8 Å². The number of hydrogen-bond acceptors (Lipinski definition) is 4. The maximum atomic E-state index is 11.8. The number of thioether (sulfide) groups is 1. The summed E-state index contributed by atoms with van der Waals surface area (Å²) >= 11 is 1.68.